The van der Waals surface area contributed by atoms with Crippen LogP contribution in [0.3, 0.4) is 0 Å². The Labute approximate surface area is 184 Å². The van der Waals surface area contributed by atoms with Crippen molar-refractivity contribution in [2.24, 2.45) is 0 Å². The number of amides is 1. The first-order valence-electron chi connectivity index (χ1n) is 9.98. The van der Waals surface area contributed by atoms with Crippen molar-refractivity contribution in [3.05, 3.63) is 62.5 Å². The monoisotopic (exact) mass is 442 g/mol. The zero-order valence-electron chi connectivity index (χ0n) is 18.3. The average molecular weight is 443 g/mol. The maximum Gasteiger partial charge on any atom is 0.325 e. The molecule has 1 aromatic carbocycles. The van der Waals surface area contributed by atoms with Gasteiger partial charge in [-0.25, -0.2) is 4.98 Å². The minimum atomic E-state index is -0.617. The molecule has 1 amide bonds. The van der Waals surface area contributed by atoms with Gasteiger partial charge in [-0.1, -0.05) is 58.1 Å². The number of hydrogen-bond acceptors (Lipinski definition) is 7. The quantitative estimate of drug-likeness (QED) is 0.589. The molecule has 164 valence electrons. The Morgan fingerprint density at radius 2 is 1.87 bits per heavy atom. The second kappa shape index (κ2) is 8.97. The first-order chi connectivity index (χ1) is 14.5. The fourth-order valence-electron chi connectivity index (χ4n) is 2.76. The molecule has 31 heavy (non-hydrogen) atoms. The fraction of sp³-hybridized carbons (Fsp3) is 0.409. The Bertz CT molecular complexity index is 1160. The third-order valence-electron chi connectivity index (χ3n) is 4.60. The number of benzene rings is 1. The summed E-state index contributed by atoms with van der Waals surface area (Å²) in [5.41, 5.74) is 1.58. The molecule has 0 aliphatic carbocycles. The number of hydrogen-bond donors (Lipinski definition) is 1. The summed E-state index contributed by atoms with van der Waals surface area (Å²) >= 11 is 1.33. The van der Waals surface area contributed by atoms with E-state index >= 15 is 0 Å². The molecule has 0 unspecified atom stereocenters. The van der Waals surface area contributed by atoms with Gasteiger partial charge in [-0.15, -0.1) is 0 Å². The van der Waals surface area contributed by atoms with Gasteiger partial charge in [0.25, 0.3) is 11.5 Å². The smallest absolute Gasteiger partial charge is 0.325 e. The molecule has 1 N–H and O–H groups in total. The number of carbonyl (C=O) groups is 2. The number of aromatic nitrogens is 3. The summed E-state index contributed by atoms with van der Waals surface area (Å²) in [4.78, 5) is 41.3. The highest BCUT2D eigenvalue weighted by atomic mass is 32.1. The normalized spacial score (nSPS) is 11.7. The van der Waals surface area contributed by atoms with Crippen LogP contribution < -0.4 is 10.9 Å². The highest BCUT2D eigenvalue weighted by molar-refractivity contribution is 7.16. The average Bonchev–Trinajstić information content (AvgIpc) is 3.15. The second-order valence-corrected chi connectivity index (χ2v) is 9.53. The topological polar surface area (TPSA) is 103 Å². The molecule has 0 aliphatic rings. The molecule has 0 bridgehead atoms. The highest BCUT2D eigenvalue weighted by Gasteiger charge is 2.16. The van der Waals surface area contributed by atoms with Crippen LogP contribution in [0.25, 0.3) is 4.96 Å². The summed E-state index contributed by atoms with van der Waals surface area (Å²) in [6, 6.07) is 8.55. The lowest BCUT2D eigenvalue weighted by molar-refractivity contribution is -0.143. The maximum atomic E-state index is 12.3. The van der Waals surface area contributed by atoms with Gasteiger partial charge in [0, 0.05) is 17.5 Å². The van der Waals surface area contributed by atoms with Crippen LogP contribution in [-0.4, -0.2) is 33.0 Å². The Balaban J connectivity index is 1.55. The molecular weight excluding hydrogens is 416 g/mol. The van der Waals surface area contributed by atoms with Gasteiger partial charge in [-0.05, 0) is 23.1 Å². The summed E-state index contributed by atoms with van der Waals surface area (Å²) in [6.07, 6.45) is 0. The van der Waals surface area contributed by atoms with Crippen molar-refractivity contribution in [1.82, 2.24) is 19.9 Å². The third-order valence-corrected chi connectivity index (χ3v) is 5.80. The summed E-state index contributed by atoms with van der Waals surface area (Å²) in [5.74, 6) is -0.796. The van der Waals surface area contributed by atoms with Crippen LogP contribution in [0.1, 0.15) is 67.2 Å². The molecule has 2 aromatic heterocycles. The molecular formula is C22H26N4O4S. The van der Waals surface area contributed by atoms with E-state index in [1.807, 2.05) is 26.0 Å². The number of nitrogens with zero attached hydrogens (tertiary/aromatic N) is 3. The lowest BCUT2D eigenvalue weighted by Gasteiger charge is -2.19. The molecule has 0 aliphatic heterocycles. The number of rotatable bonds is 6. The second-order valence-electron chi connectivity index (χ2n) is 8.55. The van der Waals surface area contributed by atoms with E-state index in [1.54, 1.807) is 12.1 Å². The zero-order chi connectivity index (χ0) is 22.8. The minimum absolute atomic E-state index is 0.00610. The van der Waals surface area contributed by atoms with Crippen LogP contribution >= 0.6 is 11.3 Å². The van der Waals surface area contributed by atoms with Gasteiger partial charge in [0.1, 0.15) is 18.2 Å². The Kier molecular flexibility index (Phi) is 6.54. The Morgan fingerprint density at radius 3 is 2.48 bits per heavy atom. The Morgan fingerprint density at radius 1 is 1.19 bits per heavy atom. The van der Waals surface area contributed by atoms with E-state index in [4.69, 9.17) is 4.74 Å². The number of ether oxygens (including phenoxy) is 1. The summed E-state index contributed by atoms with van der Waals surface area (Å²) in [7, 11) is 0. The first-order valence-corrected chi connectivity index (χ1v) is 10.8. The van der Waals surface area contributed by atoms with Crippen LogP contribution in [-0.2, 0) is 21.6 Å². The van der Waals surface area contributed by atoms with Crippen molar-refractivity contribution >= 4 is 28.2 Å². The van der Waals surface area contributed by atoms with Crippen molar-refractivity contribution < 1.29 is 14.3 Å². The van der Waals surface area contributed by atoms with Crippen LogP contribution in [0.15, 0.2) is 35.1 Å². The van der Waals surface area contributed by atoms with Gasteiger partial charge in [0.15, 0.2) is 0 Å². The molecule has 9 heteroatoms. The van der Waals surface area contributed by atoms with E-state index < -0.39 is 5.97 Å². The molecule has 0 atom stereocenters. The summed E-state index contributed by atoms with van der Waals surface area (Å²) < 4.78 is 6.40. The number of carbonyl (C=O) groups excluding carboxylic acids is 2. The van der Waals surface area contributed by atoms with Gasteiger partial charge in [0.2, 0.25) is 4.96 Å². The van der Waals surface area contributed by atoms with Gasteiger partial charge in [-0.2, -0.15) is 9.61 Å². The predicted molar refractivity (Wildman–Crippen MR) is 118 cm³/mol. The van der Waals surface area contributed by atoms with E-state index in [2.05, 4.69) is 36.2 Å². The molecule has 0 fully saturated rings. The van der Waals surface area contributed by atoms with Crippen LogP contribution in [0, 0.1) is 0 Å². The Hall–Kier alpha value is -3.07. The molecule has 3 aromatic rings. The van der Waals surface area contributed by atoms with Gasteiger partial charge in [-0.3, -0.25) is 14.4 Å². The third kappa shape index (κ3) is 5.55. The lowest BCUT2D eigenvalue weighted by atomic mass is 9.87. The van der Waals surface area contributed by atoms with E-state index in [1.165, 1.54) is 21.9 Å². The van der Waals surface area contributed by atoms with Crippen LogP contribution in [0.2, 0.25) is 0 Å². The van der Waals surface area contributed by atoms with Crippen molar-refractivity contribution in [2.45, 2.75) is 52.6 Å². The van der Waals surface area contributed by atoms with Crippen molar-refractivity contribution in [3.63, 3.8) is 0 Å². The number of esters is 1. The van der Waals surface area contributed by atoms with Gasteiger partial charge in [0.05, 0.1) is 5.69 Å². The van der Waals surface area contributed by atoms with Gasteiger partial charge < -0.3 is 10.1 Å². The summed E-state index contributed by atoms with van der Waals surface area (Å²) in [6.45, 7) is 9.82. The summed E-state index contributed by atoms with van der Waals surface area (Å²) in [5, 5.41) is 7.59. The van der Waals surface area contributed by atoms with E-state index in [9.17, 15) is 14.4 Å². The predicted octanol–water partition coefficient (Wildman–Crippen LogP) is 3.05. The molecule has 0 radical (unpaired) electrons. The molecule has 0 saturated heterocycles. The van der Waals surface area contributed by atoms with E-state index in [-0.39, 0.29) is 36.0 Å². The van der Waals surface area contributed by atoms with Crippen LogP contribution in [0.4, 0.5) is 0 Å². The van der Waals surface area contributed by atoms with Crippen molar-refractivity contribution in [3.8, 4) is 0 Å². The molecule has 0 saturated carbocycles. The minimum Gasteiger partial charge on any atom is -0.458 e. The highest BCUT2D eigenvalue weighted by Crippen LogP contribution is 2.22. The van der Waals surface area contributed by atoms with Gasteiger partial charge >= 0.3 is 5.97 Å². The molecule has 0 spiro atoms. The van der Waals surface area contributed by atoms with Crippen molar-refractivity contribution in [1.29, 1.82) is 0 Å². The number of nitrogens with one attached hydrogen (secondary N) is 1. The molecule has 2 heterocycles. The number of fused-ring (bicyclic) bond motifs is 1. The fourth-order valence-corrected chi connectivity index (χ4v) is 3.69. The van der Waals surface area contributed by atoms with Crippen molar-refractivity contribution in [2.75, 3.05) is 6.54 Å². The standard InChI is InChI=1S/C22H26N4O4S/c1-13(2)20-25-26-17(27)10-16(24-21(26)31-20)12-30-18(28)11-23-19(29)14-6-8-15(9-7-14)22(3,4)5/h6-10,13H,11-12H2,1-5H3,(H,23,29). The SMILES string of the molecule is CC(C)c1nn2c(=O)cc(COC(=O)CNC(=O)c3ccc(C(C)(C)C)cc3)nc2s1. The zero-order valence-corrected chi connectivity index (χ0v) is 19.1. The molecule has 8 nitrogen and oxygen atoms in total. The van der Waals surface area contributed by atoms with Crippen LogP contribution in [0.5, 0.6) is 0 Å². The molecule has 3 rings (SSSR count). The maximum absolute atomic E-state index is 12.3. The largest absolute Gasteiger partial charge is 0.458 e. The first kappa shape index (κ1) is 22.6. The van der Waals surface area contributed by atoms with E-state index in [0.29, 0.717) is 16.2 Å². The van der Waals surface area contributed by atoms with E-state index in [0.717, 1.165) is 10.6 Å². The lowest BCUT2D eigenvalue weighted by Crippen LogP contribution is -2.30.